The minimum atomic E-state index is -0.711. The molecular formula is C42H57N3O5S2. The molecule has 1 N–H and O–H groups in total. The Balaban J connectivity index is 0.00000176. The molecule has 0 aromatic heterocycles. The Morgan fingerprint density at radius 1 is 0.962 bits per heavy atom. The largest absolute Gasteiger partial charge is 0.480 e. The van der Waals surface area contributed by atoms with Crippen LogP contribution in [-0.2, 0) is 14.4 Å². The average Bonchev–Trinajstić information content (AvgIpc) is 3.32. The summed E-state index contributed by atoms with van der Waals surface area (Å²) in [4.78, 5) is 44.3. The molecule has 3 unspecified atom stereocenters. The SMILES string of the molecule is CC.CC.CC(CC(CCN1C(=O)C(Sc2ccccc2)(Sc2ccccc2)CCC1C)N(C)C=O)c1ccc2c(c1NC=O)OC=CC(C)(C)O2. The van der Waals surface area contributed by atoms with Gasteiger partial charge in [-0.2, -0.15) is 0 Å². The molecule has 0 radical (unpaired) electrons. The summed E-state index contributed by atoms with van der Waals surface area (Å²) in [5, 5.41) is 2.84. The van der Waals surface area contributed by atoms with Crippen LogP contribution in [0, 0.1) is 0 Å². The highest BCUT2D eigenvalue weighted by molar-refractivity contribution is 8.19. The molecule has 2 heterocycles. The molecule has 2 aliphatic rings. The number of amides is 3. The van der Waals surface area contributed by atoms with Gasteiger partial charge in [-0.15, -0.1) is 0 Å². The Bertz CT molecular complexity index is 1560. The van der Waals surface area contributed by atoms with Crippen LogP contribution in [-0.4, -0.2) is 63.9 Å². The topological polar surface area (TPSA) is 88.2 Å². The Kier molecular flexibility index (Phi) is 16.7. The molecule has 0 aliphatic carbocycles. The number of ether oxygens (including phenoxy) is 2. The number of piperidine rings is 1. The van der Waals surface area contributed by atoms with Crippen molar-refractivity contribution >= 4 is 47.9 Å². The van der Waals surface area contributed by atoms with Crippen LogP contribution in [0.4, 0.5) is 5.69 Å². The van der Waals surface area contributed by atoms with Gasteiger partial charge in [0.15, 0.2) is 11.5 Å². The molecule has 0 spiro atoms. The van der Waals surface area contributed by atoms with E-state index in [-0.39, 0.29) is 23.9 Å². The molecule has 1 fully saturated rings. The van der Waals surface area contributed by atoms with Crippen molar-refractivity contribution in [3.8, 4) is 11.5 Å². The summed E-state index contributed by atoms with van der Waals surface area (Å²) in [5.41, 5.74) is 0.848. The van der Waals surface area contributed by atoms with E-state index in [9.17, 15) is 14.4 Å². The fraction of sp³-hybridized carbons (Fsp3) is 0.452. The molecule has 1 saturated heterocycles. The van der Waals surface area contributed by atoms with Gasteiger partial charge < -0.3 is 24.6 Å². The van der Waals surface area contributed by atoms with E-state index in [4.69, 9.17) is 9.47 Å². The zero-order chi connectivity index (χ0) is 38.3. The third-order valence-electron chi connectivity index (χ3n) is 9.05. The van der Waals surface area contributed by atoms with E-state index in [1.165, 1.54) is 0 Å². The summed E-state index contributed by atoms with van der Waals surface area (Å²) in [6.45, 7) is 16.6. The number of hydrogen-bond acceptors (Lipinski definition) is 7. The minimum absolute atomic E-state index is 0.0650. The Morgan fingerprint density at radius 2 is 1.56 bits per heavy atom. The summed E-state index contributed by atoms with van der Waals surface area (Å²) in [5.74, 6) is 1.03. The Labute approximate surface area is 320 Å². The first kappa shape index (κ1) is 42.5. The van der Waals surface area contributed by atoms with Crippen LogP contribution in [0.2, 0.25) is 0 Å². The predicted octanol–water partition coefficient (Wildman–Crippen LogP) is 10.0. The number of carbonyl (C=O) groups excluding carboxylic acids is 3. The Morgan fingerprint density at radius 3 is 2.12 bits per heavy atom. The van der Waals surface area contributed by atoms with E-state index in [0.29, 0.717) is 43.0 Å². The number of fused-ring (bicyclic) bond motifs is 1. The van der Waals surface area contributed by atoms with Crippen LogP contribution in [0.3, 0.4) is 0 Å². The molecule has 52 heavy (non-hydrogen) atoms. The van der Waals surface area contributed by atoms with Crippen LogP contribution in [0.5, 0.6) is 11.5 Å². The van der Waals surface area contributed by atoms with Gasteiger partial charge in [0.1, 0.15) is 9.68 Å². The van der Waals surface area contributed by atoms with Crippen molar-refractivity contribution in [2.75, 3.05) is 18.9 Å². The standard InChI is InChI=1S/C38H45N3O5S2.2C2H6/c1-27(32-16-17-33-35(34(32)39-25-42)45-23-21-37(3,4)46-33)24-29(40(5)26-43)19-22-41-28(2)18-20-38(36(41)44,47-30-12-8-6-9-13-30)48-31-14-10-7-11-15-31;2*1-2/h6-17,21,23,25-29H,18-20,22,24H2,1-5H3,(H,39,42);2*1-2H3. The van der Waals surface area contributed by atoms with E-state index in [1.807, 2.05) is 101 Å². The summed E-state index contributed by atoms with van der Waals surface area (Å²) in [6.07, 6.45) is 7.75. The van der Waals surface area contributed by atoms with Gasteiger partial charge in [0, 0.05) is 35.5 Å². The van der Waals surface area contributed by atoms with Crippen molar-refractivity contribution in [2.45, 2.75) is 119 Å². The first-order valence-electron chi connectivity index (χ1n) is 18.4. The van der Waals surface area contributed by atoms with E-state index < -0.39 is 9.68 Å². The molecule has 3 aromatic rings. The predicted molar refractivity (Wildman–Crippen MR) is 216 cm³/mol. The van der Waals surface area contributed by atoms with E-state index in [1.54, 1.807) is 41.7 Å². The summed E-state index contributed by atoms with van der Waals surface area (Å²) < 4.78 is 11.4. The molecule has 10 heteroatoms. The number of rotatable bonds is 14. The zero-order valence-electron chi connectivity index (χ0n) is 32.3. The van der Waals surface area contributed by atoms with Crippen LogP contribution < -0.4 is 14.8 Å². The molecule has 2 aliphatic heterocycles. The van der Waals surface area contributed by atoms with Crippen molar-refractivity contribution in [1.29, 1.82) is 0 Å². The molecule has 282 valence electrons. The monoisotopic (exact) mass is 747 g/mol. The van der Waals surface area contributed by atoms with Gasteiger partial charge in [0.25, 0.3) is 0 Å². The maximum absolute atomic E-state index is 14.6. The highest BCUT2D eigenvalue weighted by Crippen LogP contribution is 2.52. The second-order valence-electron chi connectivity index (χ2n) is 13.1. The molecule has 0 saturated carbocycles. The van der Waals surface area contributed by atoms with Gasteiger partial charge >= 0.3 is 0 Å². The molecule has 0 bridgehead atoms. The van der Waals surface area contributed by atoms with Gasteiger partial charge in [-0.1, -0.05) is 101 Å². The highest BCUT2D eigenvalue weighted by Gasteiger charge is 2.48. The maximum atomic E-state index is 14.6. The van der Waals surface area contributed by atoms with Crippen molar-refractivity contribution < 1.29 is 23.9 Å². The lowest BCUT2D eigenvalue weighted by Gasteiger charge is -2.45. The number of carbonyl (C=O) groups is 3. The molecule has 3 aromatic carbocycles. The van der Waals surface area contributed by atoms with E-state index in [0.717, 1.165) is 34.6 Å². The van der Waals surface area contributed by atoms with Gasteiger partial charge in [0.2, 0.25) is 18.7 Å². The van der Waals surface area contributed by atoms with Gasteiger partial charge in [-0.25, -0.2) is 0 Å². The number of benzene rings is 3. The fourth-order valence-electron chi connectivity index (χ4n) is 6.35. The quantitative estimate of drug-likeness (QED) is 0.130. The maximum Gasteiger partial charge on any atom is 0.249 e. The first-order chi connectivity index (χ1) is 25.1. The Hall–Kier alpha value is -3.89. The second-order valence-corrected chi connectivity index (χ2v) is 16.1. The van der Waals surface area contributed by atoms with Crippen LogP contribution in [0.15, 0.2) is 94.9 Å². The van der Waals surface area contributed by atoms with Gasteiger partial charge in [-0.05, 0) is 94.3 Å². The van der Waals surface area contributed by atoms with Gasteiger partial charge in [0.05, 0.1) is 11.9 Å². The van der Waals surface area contributed by atoms with E-state index in [2.05, 4.69) is 43.4 Å². The van der Waals surface area contributed by atoms with Crippen LogP contribution in [0.25, 0.3) is 0 Å². The summed E-state index contributed by atoms with van der Waals surface area (Å²) in [6, 6.07) is 24.0. The lowest BCUT2D eigenvalue weighted by molar-refractivity contribution is -0.136. The molecule has 3 atom stereocenters. The summed E-state index contributed by atoms with van der Waals surface area (Å²) in [7, 11) is 1.79. The third kappa shape index (κ3) is 10.8. The molecule has 5 rings (SSSR count). The molecule has 3 amide bonds. The van der Waals surface area contributed by atoms with Crippen LogP contribution in [0.1, 0.15) is 92.6 Å². The molecule has 8 nitrogen and oxygen atoms in total. The van der Waals surface area contributed by atoms with E-state index >= 15 is 0 Å². The number of thioether (sulfide) groups is 2. The smallest absolute Gasteiger partial charge is 0.249 e. The third-order valence-corrected chi connectivity index (χ3v) is 12.0. The van der Waals surface area contributed by atoms with Crippen LogP contribution >= 0.6 is 23.5 Å². The average molecular weight is 748 g/mol. The number of nitrogens with zero attached hydrogens (tertiary/aromatic N) is 2. The number of nitrogens with one attached hydrogen (secondary N) is 1. The normalized spacial score (nSPS) is 17.9. The van der Waals surface area contributed by atoms with Crippen molar-refractivity contribution in [3.05, 3.63) is 90.7 Å². The number of likely N-dealkylation sites (tertiary alicyclic amines) is 1. The highest BCUT2D eigenvalue weighted by atomic mass is 32.2. The fourth-order valence-corrected chi connectivity index (χ4v) is 9.29. The zero-order valence-corrected chi connectivity index (χ0v) is 33.9. The lowest BCUT2D eigenvalue weighted by atomic mass is 9.90. The first-order valence-corrected chi connectivity index (χ1v) is 20.1. The second kappa shape index (κ2) is 20.4. The van der Waals surface area contributed by atoms with Crippen molar-refractivity contribution in [3.63, 3.8) is 0 Å². The summed E-state index contributed by atoms with van der Waals surface area (Å²) >= 11 is 3.27. The molecular weight excluding hydrogens is 691 g/mol. The van der Waals surface area contributed by atoms with Gasteiger partial charge in [-0.3, -0.25) is 14.4 Å². The number of anilines is 1. The lowest BCUT2D eigenvalue weighted by Crippen LogP contribution is -2.54. The van der Waals surface area contributed by atoms with Crippen molar-refractivity contribution in [2.24, 2.45) is 0 Å². The number of hydrogen-bond donors (Lipinski definition) is 1. The minimum Gasteiger partial charge on any atom is -0.480 e. The van der Waals surface area contributed by atoms with Crippen molar-refractivity contribution in [1.82, 2.24) is 9.80 Å².